The lowest BCUT2D eigenvalue weighted by Gasteiger charge is -2.14. The van der Waals surface area contributed by atoms with Gasteiger partial charge in [-0.3, -0.25) is 14.6 Å². The summed E-state index contributed by atoms with van der Waals surface area (Å²) in [6, 6.07) is 3.54. The van der Waals surface area contributed by atoms with Gasteiger partial charge in [0.25, 0.3) is 5.91 Å². The van der Waals surface area contributed by atoms with Gasteiger partial charge >= 0.3 is 5.97 Å². The number of aromatic nitrogens is 1. The van der Waals surface area contributed by atoms with Gasteiger partial charge in [0.05, 0.1) is 24.9 Å². The second kappa shape index (κ2) is 4.95. The highest BCUT2D eigenvalue weighted by molar-refractivity contribution is 5.97. The molecule has 0 atom stereocenters. The Balaban J connectivity index is 1.90. The quantitative estimate of drug-likeness (QED) is 0.729. The third-order valence-corrected chi connectivity index (χ3v) is 2.79. The highest BCUT2D eigenvalue weighted by Crippen LogP contribution is 2.20. The van der Waals surface area contributed by atoms with Gasteiger partial charge < -0.3 is 9.64 Å². The minimum Gasteiger partial charge on any atom is -0.469 e. The van der Waals surface area contributed by atoms with Crippen molar-refractivity contribution in [3.05, 3.63) is 29.6 Å². The predicted octanol–water partition coefficient (Wildman–Crippen LogP) is 0.991. The Morgan fingerprint density at radius 1 is 1.59 bits per heavy atom. The van der Waals surface area contributed by atoms with Crippen molar-refractivity contribution in [3.8, 4) is 0 Å². The number of pyridine rings is 1. The Morgan fingerprint density at radius 3 is 3.12 bits per heavy atom. The molecule has 90 valence electrons. The number of nitrogens with zero attached hydrogens (tertiary/aromatic N) is 2. The molecular weight excluding hydrogens is 220 g/mol. The fourth-order valence-electron chi connectivity index (χ4n) is 1.88. The van der Waals surface area contributed by atoms with Gasteiger partial charge in [-0.15, -0.1) is 0 Å². The van der Waals surface area contributed by atoms with Crippen LogP contribution in [0.1, 0.15) is 28.9 Å². The SMILES string of the molecule is COC(=O)CCCN1Cc2ncccc2C1=O. The van der Waals surface area contributed by atoms with Crippen molar-refractivity contribution >= 4 is 11.9 Å². The third kappa shape index (κ3) is 2.43. The molecule has 1 amide bonds. The van der Waals surface area contributed by atoms with Crippen molar-refractivity contribution in [1.29, 1.82) is 0 Å². The molecule has 1 aromatic heterocycles. The van der Waals surface area contributed by atoms with Crippen molar-refractivity contribution in [2.45, 2.75) is 19.4 Å². The van der Waals surface area contributed by atoms with Crippen molar-refractivity contribution in [3.63, 3.8) is 0 Å². The van der Waals surface area contributed by atoms with E-state index < -0.39 is 0 Å². The Bertz CT molecular complexity index is 445. The average molecular weight is 234 g/mol. The van der Waals surface area contributed by atoms with Crippen molar-refractivity contribution in [2.75, 3.05) is 13.7 Å². The maximum absolute atomic E-state index is 11.9. The Hall–Kier alpha value is -1.91. The first kappa shape index (κ1) is 11.6. The van der Waals surface area contributed by atoms with Crippen LogP contribution in [0.5, 0.6) is 0 Å². The van der Waals surface area contributed by atoms with Crippen LogP contribution >= 0.6 is 0 Å². The average Bonchev–Trinajstić information content (AvgIpc) is 2.67. The number of ether oxygens (including phenoxy) is 1. The zero-order valence-electron chi connectivity index (χ0n) is 9.68. The van der Waals surface area contributed by atoms with E-state index in [1.807, 2.05) is 0 Å². The van der Waals surface area contributed by atoms with Crippen LogP contribution in [-0.4, -0.2) is 35.4 Å². The first-order valence-corrected chi connectivity index (χ1v) is 5.52. The molecule has 0 radical (unpaired) electrons. The summed E-state index contributed by atoms with van der Waals surface area (Å²) in [7, 11) is 1.36. The van der Waals surface area contributed by atoms with E-state index in [9.17, 15) is 9.59 Å². The minimum atomic E-state index is -0.243. The molecule has 1 aromatic rings. The van der Waals surface area contributed by atoms with E-state index in [1.165, 1.54) is 7.11 Å². The first-order valence-electron chi connectivity index (χ1n) is 5.52. The fourth-order valence-corrected chi connectivity index (χ4v) is 1.88. The molecule has 0 aliphatic carbocycles. The molecule has 0 unspecified atom stereocenters. The van der Waals surface area contributed by atoms with Gasteiger partial charge in [-0.2, -0.15) is 0 Å². The molecule has 1 aliphatic rings. The molecule has 5 heteroatoms. The summed E-state index contributed by atoms with van der Waals surface area (Å²) in [5.41, 5.74) is 1.49. The van der Waals surface area contributed by atoms with Crippen LogP contribution in [0.4, 0.5) is 0 Å². The van der Waals surface area contributed by atoms with Crippen LogP contribution in [0, 0.1) is 0 Å². The van der Waals surface area contributed by atoms with Crippen LogP contribution in [-0.2, 0) is 16.1 Å². The highest BCUT2D eigenvalue weighted by Gasteiger charge is 2.27. The Labute approximate surface area is 99.4 Å². The highest BCUT2D eigenvalue weighted by atomic mass is 16.5. The van der Waals surface area contributed by atoms with Gasteiger partial charge in [-0.1, -0.05) is 0 Å². The maximum atomic E-state index is 11.9. The summed E-state index contributed by atoms with van der Waals surface area (Å²) >= 11 is 0. The number of rotatable bonds is 4. The maximum Gasteiger partial charge on any atom is 0.305 e. The minimum absolute atomic E-state index is 0.00188. The molecule has 2 heterocycles. The molecule has 0 spiro atoms. The number of methoxy groups -OCH3 is 1. The van der Waals surface area contributed by atoms with E-state index in [0.717, 1.165) is 5.69 Å². The molecule has 0 bridgehead atoms. The molecule has 5 nitrogen and oxygen atoms in total. The summed E-state index contributed by atoms with van der Waals surface area (Å²) < 4.78 is 4.55. The van der Waals surface area contributed by atoms with E-state index in [0.29, 0.717) is 31.5 Å². The predicted molar refractivity (Wildman–Crippen MR) is 60.2 cm³/mol. The van der Waals surface area contributed by atoms with Crippen molar-refractivity contribution < 1.29 is 14.3 Å². The monoisotopic (exact) mass is 234 g/mol. The summed E-state index contributed by atoms with van der Waals surface area (Å²) in [6.45, 7) is 1.10. The second-order valence-corrected chi connectivity index (χ2v) is 3.90. The summed E-state index contributed by atoms with van der Waals surface area (Å²) in [4.78, 5) is 28.7. The first-order chi connectivity index (χ1) is 8.22. The number of fused-ring (bicyclic) bond motifs is 1. The standard InChI is InChI=1S/C12H14N2O3/c1-17-11(15)5-3-7-14-8-10-9(12(14)16)4-2-6-13-10/h2,4,6H,3,5,7-8H2,1H3. The second-order valence-electron chi connectivity index (χ2n) is 3.90. The number of carbonyl (C=O) groups excluding carboxylic acids is 2. The largest absolute Gasteiger partial charge is 0.469 e. The lowest BCUT2D eigenvalue weighted by Crippen LogP contribution is -2.25. The number of amides is 1. The van der Waals surface area contributed by atoms with Gasteiger partial charge in [0.1, 0.15) is 0 Å². The van der Waals surface area contributed by atoms with E-state index in [1.54, 1.807) is 23.2 Å². The van der Waals surface area contributed by atoms with Crippen LogP contribution < -0.4 is 0 Å². The zero-order valence-corrected chi connectivity index (χ0v) is 9.68. The molecular formula is C12H14N2O3. The molecule has 2 rings (SSSR count). The van der Waals surface area contributed by atoms with Gasteiger partial charge in [-0.05, 0) is 18.6 Å². The van der Waals surface area contributed by atoms with Crippen molar-refractivity contribution in [1.82, 2.24) is 9.88 Å². The molecule has 17 heavy (non-hydrogen) atoms. The van der Waals surface area contributed by atoms with Crippen LogP contribution in [0.2, 0.25) is 0 Å². The topological polar surface area (TPSA) is 59.5 Å². The summed E-state index contributed by atoms with van der Waals surface area (Å²) in [5, 5.41) is 0. The molecule has 0 saturated carbocycles. The van der Waals surface area contributed by atoms with E-state index >= 15 is 0 Å². The van der Waals surface area contributed by atoms with Gasteiger partial charge in [-0.25, -0.2) is 0 Å². The summed E-state index contributed by atoms with van der Waals surface area (Å²) in [5.74, 6) is -0.245. The molecule has 0 fully saturated rings. The van der Waals surface area contributed by atoms with Gasteiger partial charge in [0.2, 0.25) is 0 Å². The molecule has 0 aromatic carbocycles. The van der Waals surface area contributed by atoms with Crippen LogP contribution in [0.25, 0.3) is 0 Å². The molecule has 0 saturated heterocycles. The number of hydrogen-bond acceptors (Lipinski definition) is 4. The van der Waals surface area contributed by atoms with Gasteiger partial charge in [0, 0.05) is 19.2 Å². The smallest absolute Gasteiger partial charge is 0.305 e. The van der Waals surface area contributed by atoms with E-state index in [-0.39, 0.29) is 11.9 Å². The van der Waals surface area contributed by atoms with Crippen LogP contribution in [0.15, 0.2) is 18.3 Å². The third-order valence-electron chi connectivity index (χ3n) is 2.79. The number of hydrogen-bond donors (Lipinski definition) is 0. The van der Waals surface area contributed by atoms with Crippen molar-refractivity contribution in [2.24, 2.45) is 0 Å². The molecule has 0 N–H and O–H groups in total. The number of esters is 1. The Morgan fingerprint density at radius 2 is 2.41 bits per heavy atom. The fraction of sp³-hybridized carbons (Fsp3) is 0.417. The lowest BCUT2D eigenvalue weighted by atomic mass is 10.2. The summed E-state index contributed by atoms with van der Waals surface area (Å²) in [6.07, 6.45) is 2.64. The number of carbonyl (C=O) groups is 2. The van der Waals surface area contributed by atoms with E-state index in [2.05, 4.69) is 9.72 Å². The molecule has 1 aliphatic heterocycles. The van der Waals surface area contributed by atoms with Gasteiger partial charge in [0.15, 0.2) is 0 Å². The zero-order chi connectivity index (χ0) is 12.3. The normalized spacial score (nSPS) is 13.7. The van der Waals surface area contributed by atoms with Crippen LogP contribution in [0.3, 0.4) is 0 Å². The lowest BCUT2D eigenvalue weighted by molar-refractivity contribution is -0.140. The van der Waals surface area contributed by atoms with E-state index in [4.69, 9.17) is 0 Å². The Kier molecular flexibility index (Phi) is 3.37.